The van der Waals surface area contributed by atoms with E-state index in [1.54, 1.807) is 25.4 Å². The van der Waals surface area contributed by atoms with Crippen molar-refractivity contribution in [3.63, 3.8) is 0 Å². The average Bonchev–Trinajstić information content (AvgIpc) is 2.86. The van der Waals surface area contributed by atoms with Gasteiger partial charge in [-0.3, -0.25) is 9.78 Å². The molecule has 1 unspecified atom stereocenters. The summed E-state index contributed by atoms with van der Waals surface area (Å²) in [4.78, 5) is 30.5. The molecule has 11 heteroatoms. The van der Waals surface area contributed by atoms with E-state index >= 15 is 0 Å². The number of hydrogen-bond donors (Lipinski definition) is 0. The van der Waals surface area contributed by atoms with E-state index in [4.69, 9.17) is 0 Å². The van der Waals surface area contributed by atoms with E-state index in [9.17, 15) is 31.2 Å². The number of nitrogens with zero attached hydrogens (tertiary/aromatic N) is 3. The lowest BCUT2D eigenvalue weighted by atomic mass is 10.1. The summed E-state index contributed by atoms with van der Waals surface area (Å²) < 4.78 is 60.9. The van der Waals surface area contributed by atoms with Crippen molar-refractivity contribution in [2.24, 2.45) is 0 Å². The Morgan fingerprint density at radius 3 is 2.28 bits per heavy atom. The van der Waals surface area contributed by atoms with E-state index in [-0.39, 0.29) is 12.2 Å². The fraction of sp³-hybridized carbons (Fsp3) is 0.278. The first-order chi connectivity index (χ1) is 13.4. The summed E-state index contributed by atoms with van der Waals surface area (Å²) in [5, 5.41) is 0. The van der Waals surface area contributed by atoms with Crippen LogP contribution in [0.2, 0.25) is 0 Å². The lowest BCUT2D eigenvalue weighted by Gasteiger charge is -2.20. The number of anilines is 1. The van der Waals surface area contributed by atoms with Gasteiger partial charge in [-0.2, -0.15) is 13.2 Å². The number of benzene rings is 1. The van der Waals surface area contributed by atoms with Gasteiger partial charge in [0.1, 0.15) is 6.04 Å². The van der Waals surface area contributed by atoms with Crippen LogP contribution in [0.3, 0.4) is 0 Å². The smallest absolute Gasteiger partial charge is 0.308 e. The second-order valence-electron chi connectivity index (χ2n) is 6.51. The van der Waals surface area contributed by atoms with E-state index < -0.39 is 38.2 Å². The molecule has 1 saturated heterocycles. The van der Waals surface area contributed by atoms with Gasteiger partial charge in [0.15, 0.2) is 0 Å². The molecule has 0 bridgehead atoms. The molecule has 2 aromatic rings. The molecular weight excluding hydrogens is 411 g/mol. The Bertz CT molecular complexity index is 1070. The molecule has 154 valence electrons. The van der Waals surface area contributed by atoms with Gasteiger partial charge in [0.05, 0.1) is 10.6 Å². The molecular formula is C18H16F3N3O4S. The van der Waals surface area contributed by atoms with Crippen molar-refractivity contribution in [2.45, 2.75) is 36.8 Å². The summed E-state index contributed by atoms with van der Waals surface area (Å²) in [5.74, 6) is -0.562. The number of urea groups is 1. The molecule has 0 N–H and O–H groups in total. The molecule has 3 amide bonds. The largest absolute Gasteiger partial charge is 0.501 e. The van der Waals surface area contributed by atoms with Crippen LogP contribution in [0, 0.1) is 6.92 Å². The third kappa shape index (κ3) is 3.57. The minimum Gasteiger partial charge on any atom is -0.308 e. The number of carbonyl (C=O) groups excluding carboxylic acids is 2. The molecule has 0 aliphatic carbocycles. The minimum atomic E-state index is -5.52. The molecule has 29 heavy (non-hydrogen) atoms. The molecule has 1 atom stereocenters. The third-order valence-corrected chi connectivity index (χ3v) is 6.17. The third-order valence-electron chi connectivity index (χ3n) is 4.67. The normalized spacial score (nSPS) is 17.9. The summed E-state index contributed by atoms with van der Waals surface area (Å²) >= 11 is 0. The number of pyridine rings is 1. The molecule has 1 fully saturated rings. The quantitative estimate of drug-likeness (QED) is 0.700. The highest BCUT2D eigenvalue weighted by Gasteiger charge is 2.47. The molecule has 1 aromatic heterocycles. The molecule has 2 heterocycles. The number of halogens is 3. The van der Waals surface area contributed by atoms with Crippen LogP contribution in [-0.4, -0.2) is 41.8 Å². The number of aromatic nitrogens is 1. The van der Waals surface area contributed by atoms with Gasteiger partial charge in [-0.1, -0.05) is 0 Å². The molecule has 7 nitrogen and oxygen atoms in total. The Kier molecular flexibility index (Phi) is 5.11. The predicted octanol–water partition coefficient (Wildman–Crippen LogP) is 3.04. The number of alkyl halides is 3. The maximum atomic E-state index is 12.8. The summed E-state index contributed by atoms with van der Waals surface area (Å²) in [7, 11) is -5.52. The van der Waals surface area contributed by atoms with Gasteiger partial charge in [-0.25, -0.2) is 18.1 Å². The molecule has 0 saturated carbocycles. The first-order valence-corrected chi connectivity index (χ1v) is 9.89. The fourth-order valence-corrected chi connectivity index (χ4v) is 3.68. The lowest BCUT2D eigenvalue weighted by Crippen LogP contribution is -2.33. The molecule has 0 radical (unpaired) electrons. The number of imide groups is 1. The van der Waals surface area contributed by atoms with Gasteiger partial charge in [0, 0.05) is 18.9 Å². The zero-order valence-electron chi connectivity index (χ0n) is 15.3. The Balaban J connectivity index is 1.89. The minimum absolute atomic E-state index is 0.0121. The van der Waals surface area contributed by atoms with Crippen LogP contribution in [0.4, 0.5) is 23.7 Å². The number of aryl methyl sites for hydroxylation is 1. The zero-order valence-corrected chi connectivity index (χ0v) is 16.2. The highest BCUT2D eigenvalue weighted by atomic mass is 32.2. The van der Waals surface area contributed by atoms with Crippen molar-refractivity contribution in [3.05, 3.63) is 53.9 Å². The van der Waals surface area contributed by atoms with Crippen LogP contribution in [0.1, 0.15) is 18.1 Å². The van der Waals surface area contributed by atoms with Crippen molar-refractivity contribution in [1.29, 1.82) is 0 Å². The first kappa shape index (κ1) is 20.8. The van der Waals surface area contributed by atoms with Crippen LogP contribution in [-0.2, 0) is 21.2 Å². The van der Waals surface area contributed by atoms with E-state index in [1.165, 1.54) is 4.90 Å². The Morgan fingerprint density at radius 2 is 1.72 bits per heavy atom. The Labute approximate surface area is 164 Å². The highest BCUT2D eigenvalue weighted by Crippen LogP contribution is 2.32. The first-order valence-electron chi connectivity index (χ1n) is 8.40. The van der Waals surface area contributed by atoms with Crippen molar-refractivity contribution < 1.29 is 31.2 Å². The monoisotopic (exact) mass is 427 g/mol. The number of rotatable bonds is 4. The van der Waals surface area contributed by atoms with Crippen LogP contribution in [0.5, 0.6) is 0 Å². The van der Waals surface area contributed by atoms with E-state index in [1.807, 2.05) is 6.92 Å². The standard InChI is InChI=1S/C18H16F3N3O4S/c1-11-9-22-8-7-13(11)10-23-12(2)16(25)24(17(23)26)14-3-5-15(6-4-14)29(27,28)18(19,20)21/h3-9,12H,10H2,1-2H3. The van der Waals surface area contributed by atoms with Crippen molar-refractivity contribution in [1.82, 2.24) is 9.88 Å². The summed E-state index contributed by atoms with van der Waals surface area (Å²) in [5.41, 5.74) is -3.83. The molecule has 1 aliphatic heterocycles. The average molecular weight is 427 g/mol. The highest BCUT2D eigenvalue weighted by molar-refractivity contribution is 7.92. The molecule has 0 spiro atoms. The van der Waals surface area contributed by atoms with Crippen LogP contribution >= 0.6 is 0 Å². The van der Waals surface area contributed by atoms with Crippen molar-refractivity contribution in [3.8, 4) is 0 Å². The van der Waals surface area contributed by atoms with Crippen LogP contribution in [0.15, 0.2) is 47.6 Å². The number of carbonyl (C=O) groups is 2. The predicted molar refractivity (Wildman–Crippen MR) is 96.5 cm³/mol. The van der Waals surface area contributed by atoms with Crippen LogP contribution < -0.4 is 4.90 Å². The van der Waals surface area contributed by atoms with E-state index in [0.717, 1.165) is 40.3 Å². The van der Waals surface area contributed by atoms with Gasteiger partial charge < -0.3 is 4.90 Å². The fourth-order valence-electron chi connectivity index (χ4n) is 2.92. The van der Waals surface area contributed by atoms with Crippen molar-refractivity contribution >= 4 is 27.5 Å². The van der Waals surface area contributed by atoms with Gasteiger partial charge in [0.25, 0.3) is 15.7 Å². The summed E-state index contributed by atoms with van der Waals surface area (Å²) in [6.07, 6.45) is 3.19. The van der Waals surface area contributed by atoms with E-state index in [0.29, 0.717) is 0 Å². The van der Waals surface area contributed by atoms with Crippen LogP contribution in [0.25, 0.3) is 0 Å². The second kappa shape index (κ2) is 7.14. The number of amides is 3. The van der Waals surface area contributed by atoms with Gasteiger partial charge >= 0.3 is 11.5 Å². The van der Waals surface area contributed by atoms with Gasteiger partial charge in [0.2, 0.25) is 0 Å². The molecule has 1 aliphatic rings. The van der Waals surface area contributed by atoms with Gasteiger partial charge in [-0.15, -0.1) is 0 Å². The topological polar surface area (TPSA) is 87.7 Å². The SMILES string of the molecule is Cc1cnccc1CN1C(=O)N(c2ccc(S(=O)(=O)C(F)(F)F)cc2)C(=O)C1C. The van der Waals surface area contributed by atoms with E-state index in [2.05, 4.69) is 4.98 Å². The Hall–Kier alpha value is -2.95. The maximum Gasteiger partial charge on any atom is 0.501 e. The van der Waals surface area contributed by atoms with Crippen molar-refractivity contribution in [2.75, 3.05) is 4.90 Å². The summed E-state index contributed by atoms with van der Waals surface area (Å²) in [6.45, 7) is 3.50. The van der Waals surface area contributed by atoms with Gasteiger partial charge in [-0.05, 0) is 55.3 Å². The maximum absolute atomic E-state index is 12.8. The number of hydrogen-bond acceptors (Lipinski definition) is 5. The summed E-state index contributed by atoms with van der Waals surface area (Å²) in [6, 6.07) is 3.72. The molecule has 3 rings (SSSR count). The molecule has 1 aromatic carbocycles. The lowest BCUT2D eigenvalue weighted by molar-refractivity contribution is -0.119. The Morgan fingerprint density at radius 1 is 1.10 bits per heavy atom. The second-order valence-corrected chi connectivity index (χ2v) is 8.45. The zero-order chi connectivity index (χ0) is 21.6. The number of sulfone groups is 1.